The quantitative estimate of drug-likeness (QED) is 0.116. The molecule has 0 spiro atoms. The minimum Gasteiger partial charge on any atom is -0.478 e. The Bertz CT molecular complexity index is 1870. The van der Waals surface area contributed by atoms with Crippen LogP contribution in [0.5, 0.6) is 0 Å². The lowest BCUT2D eigenvalue weighted by Crippen LogP contribution is -2.15. The van der Waals surface area contributed by atoms with Crippen molar-refractivity contribution in [1.29, 1.82) is 0 Å². The maximum Gasteiger partial charge on any atom is 0.397 e. The summed E-state index contributed by atoms with van der Waals surface area (Å²) >= 11 is 0. The van der Waals surface area contributed by atoms with Crippen molar-refractivity contribution in [1.82, 2.24) is 0 Å². The van der Waals surface area contributed by atoms with Crippen LogP contribution in [0.3, 0.4) is 0 Å². The Morgan fingerprint density at radius 2 is 1.44 bits per heavy atom. The number of nitrogen functional groups attached to an aromatic ring is 2. The average molecular weight is 629 g/mol. The summed E-state index contributed by atoms with van der Waals surface area (Å²) in [6, 6.07) is 10.8. The summed E-state index contributed by atoms with van der Waals surface area (Å²) in [4.78, 5) is 10.1. The zero-order valence-electron chi connectivity index (χ0n) is 20.4. The van der Waals surface area contributed by atoms with Gasteiger partial charge < -0.3 is 16.6 Å². The highest BCUT2D eigenvalue weighted by molar-refractivity contribution is 7.91. The second kappa shape index (κ2) is 12.0. The van der Waals surface area contributed by atoms with Crippen LogP contribution in [-0.4, -0.2) is 57.8 Å². The maximum atomic E-state index is 12.3. The molecule has 0 saturated carbocycles. The number of nitrogens with zero attached hydrogens (tertiary/aromatic N) is 4. The van der Waals surface area contributed by atoms with E-state index in [2.05, 4.69) is 24.6 Å². The summed E-state index contributed by atoms with van der Waals surface area (Å²) in [5.74, 6) is -1.99. The number of rotatable bonds is 11. The second-order valence-electron chi connectivity index (χ2n) is 7.86. The molecule has 0 unspecified atom stereocenters. The molecule has 0 radical (unpaired) electrons. The average Bonchev–Trinajstić information content (AvgIpc) is 2.87. The smallest absolute Gasteiger partial charge is 0.397 e. The molecule has 0 aliphatic rings. The van der Waals surface area contributed by atoms with Crippen molar-refractivity contribution in [2.75, 3.05) is 23.8 Å². The highest BCUT2D eigenvalue weighted by Crippen LogP contribution is 2.43. The first-order chi connectivity index (χ1) is 19.0. The zero-order valence-corrected chi connectivity index (χ0v) is 22.8. The summed E-state index contributed by atoms with van der Waals surface area (Å²) in [5.41, 5.74) is 10.3. The van der Waals surface area contributed by atoms with Gasteiger partial charge in [-0.1, -0.05) is 6.07 Å². The van der Waals surface area contributed by atoms with Crippen molar-refractivity contribution in [2.24, 2.45) is 20.5 Å². The third-order valence-electron chi connectivity index (χ3n) is 5.01. The maximum absolute atomic E-state index is 12.3. The molecule has 0 heterocycles. The van der Waals surface area contributed by atoms with E-state index in [0.29, 0.717) is 0 Å². The lowest BCUT2D eigenvalue weighted by atomic mass is 10.2. The molecule has 0 amide bonds. The van der Waals surface area contributed by atoms with E-state index in [1.165, 1.54) is 36.4 Å². The molecule has 0 saturated heterocycles. The fourth-order valence-electron chi connectivity index (χ4n) is 3.07. The van der Waals surface area contributed by atoms with Gasteiger partial charge in [0.15, 0.2) is 9.84 Å². The Kier molecular flexibility index (Phi) is 9.16. The summed E-state index contributed by atoms with van der Waals surface area (Å²) in [6.45, 7) is -0.820. The van der Waals surface area contributed by atoms with Crippen LogP contribution in [0.25, 0.3) is 0 Å². The van der Waals surface area contributed by atoms with Crippen LogP contribution < -0.4 is 11.5 Å². The second-order valence-corrected chi connectivity index (χ2v) is 12.5. The van der Waals surface area contributed by atoms with Crippen LogP contribution in [0.15, 0.2) is 84.8 Å². The molecule has 0 fully saturated rings. The van der Waals surface area contributed by atoms with E-state index < -0.39 is 65.0 Å². The van der Waals surface area contributed by atoms with Crippen LogP contribution in [0, 0.1) is 0 Å². The molecule has 3 aromatic rings. The lowest BCUT2D eigenvalue weighted by Gasteiger charge is -2.10. The Morgan fingerprint density at radius 1 is 0.805 bits per heavy atom. The Labute approximate surface area is 232 Å². The number of anilines is 2. The Morgan fingerprint density at radius 3 is 2.02 bits per heavy atom. The van der Waals surface area contributed by atoms with Crippen molar-refractivity contribution in [3.05, 3.63) is 60.2 Å². The molecule has 3 rings (SSSR count). The van der Waals surface area contributed by atoms with Crippen LogP contribution in [-0.2, 0) is 34.5 Å². The van der Waals surface area contributed by atoms with Crippen molar-refractivity contribution in [3.8, 4) is 0 Å². The largest absolute Gasteiger partial charge is 0.478 e. The van der Waals surface area contributed by atoms with Crippen molar-refractivity contribution in [2.45, 2.75) is 9.79 Å². The number of nitrogens with two attached hydrogens (primary N) is 2. The minimum absolute atomic E-state index is 0.0590. The predicted octanol–water partition coefficient (Wildman–Crippen LogP) is 3.22. The molecule has 0 bridgehead atoms. The van der Waals surface area contributed by atoms with Gasteiger partial charge in [-0.2, -0.15) is 27.1 Å². The number of carboxylic acid groups (broad SMARTS) is 1. The number of sulfone groups is 1. The standard InChI is InChI=1S/C21H20N6O11S3/c22-18-16(26-24-13-4-6-15(7-5-13)39(30,31)9-8-38-41(35,36)37)11-17(40(32,33)34)19(23)20(18)27-25-14-3-1-2-12(10-14)21(28)29/h1-7,10-11H,8-9,22-23H2,(H,28,29)(H,32,33,34)(H,35,36,37). The third kappa shape index (κ3) is 8.33. The lowest BCUT2D eigenvalue weighted by molar-refractivity contribution is 0.0696. The normalized spacial score (nSPS) is 12.7. The Balaban J connectivity index is 1.95. The molecule has 0 aliphatic heterocycles. The van der Waals surface area contributed by atoms with Gasteiger partial charge in [-0.15, -0.1) is 10.2 Å². The topological polar surface area (TPSA) is 291 Å². The summed E-state index contributed by atoms with van der Waals surface area (Å²) in [6.07, 6.45) is 0. The van der Waals surface area contributed by atoms with Gasteiger partial charge in [0.1, 0.15) is 16.3 Å². The SMILES string of the molecule is Nc1c(N=Nc2ccc(S(=O)(=O)CCOS(=O)(=O)O)cc2)cc(S(=O)(=O)O)c(N)c1N=Nc1cccc(C(=O)O)c1. The first kappa shape index (κ1) is 31.2. The zero-order chi connectivity index (χ0) is 30.6. The van der Waals surface area contributed by atoms with Gasteiger partial charge in [-0.05, 0) is 48.5 Å². The molecule has 0 aromatic heterocycles. The van der Waals surface area contributed by atoms with Crippen molar-refractivity contribution in [3.63, 3.8) is 0 Å². The number of carbonyl (C=O) groups is 1. The van der Waals surface area contributed by atoms with Gasteiger partial charge in [0.25, 0.3) is 10.1 Å². The van der Waals surface area contributed by atoms with Gasteiger partial charge in [0, 0.05) is 0 Å². The molecule has 218 valence electrons. The number of azo groups is 2. The molecule has 3 aromatic carbocycles. The summed E-state index contributed by atoms with van der Waals surface area (Å²) in [5, 5.41) is 24.5. The number of aromatic carboxylic acids is 1. The highest BCUT2D eigenvalue weighted by Gasteiger charge is 2.22. The number of carboxylic acids is 1. The number of hydrogen-bond acceptors (Lipinski definition) is 14. The van der Waals surface area contributed by atoms with Gasteiger partial charge in [-0.25, -0.2) is 17.4 Å². The fourth-order valence-corrected chi connectivity index (χ4v) is 5.20. The van der Waals surface area contributed by atoms with Crippen LogP contribution >= 0.6 is 0 Å². The minimum atomic E-state index is -4.91. The highest BCUT2D eigenvalue weighted by atomic mass is 32.3. The van der Waals surface area contributed by atoms with Gasteiger partial charge >= 0.3 is 16.4 Å². The first-order valence-corrected chi connectivity index (χ1v) is 15.2. The third-order valence-corrected chi connectivity index (χ3v) is 8.06. The first-order valence-electron chi connectivity index (χ1n) is 10.8. The predicted molar refractivity (Wildman–Crippen MR) is 143 cm³/mol. The summed E-state index contributed by atoms with van der Waals surface area (Å²) in [7, 11) is -13.7. The van der Waals surface area contributed by atoms with E-state index in [1.807, 2.05) is 0 Å². The molecule has 17 nitrogen and oxygen atoms in total. The monoisotopic (exact) mass is 628 g/mol. The van der Waals surface area contributed by atoms with Gasteiger partial charge in [-0.3, -0.25) is 9.11 Å². The van der Waals surface area contributed by atoms with Crippen molar-refractivity contribution < 1.29 is 48.4 Å². The molecule has 41 heavy (non-hydrogen) atoms. The van der Waals surface area contributed by atoms with Crippen molar-refractivity contribution >= 4 is 70.4 Å². The molecular weight excluding hydrogens is 608 g/mol. The van der Waals surface area contributed by atoms with E-state index in [0.717, 1.165) is 18.2 Å². The van der Waals surface area contributed by atoms with E-state index in [9.17, 15) is 34.6 Å². The molecule has 0 atom stereocenters. The fraction of sp³-hybridized carbons (Fsp3) is 0.0952. The molecule has 7 N–H and O–H groups in total. The van der Waals surface area contributed by atoms with Crippen LogP contribution in [0.2, 0.25) is 0 Å². The van der Waals surface area contributed by atoms with Gasteiger partial charge in [0.2, 0.25) is 0 Å². The molecular formula is C21H20N6O11S3. The summed E-state index contributed by atoms with van der Waals surface area (Å²) < 4.78 is 91.8. The van der Waals surface area contributed by atoms with E-state index in [1.54, 1.807) is 0 Å². The van der Waals surface area contributed by atoms with Crippen LogP contribution in [0.4, 0.5) is 34.1 Å². The Hall–Kier alpha value is -4.34. The number of benzene rings is 3. The van der Waals surface area contributed by atoms with E-state index >= 15 is 0 Å². The van der Waals surface area contributed by atoms with Crippen LogP contribution in [0.1, 0.15) is 10.4 Å². The molecule has 20 heteroatoms. The van der Waals surface area contributed by atoms with E-state index in [-0.39, 0.29) is 33.2 Å². The van der Waals surface area contributed by atoms with E-state index in [4.69, 9.17) is 21.1 Å². The molecule has 0 aliphatic carbocycles. The number of hydrogen-bond donors (Lipinski definition) is 5. The van der Waals surface area contributed by atoms with Gasteiger partial charge in [0.05, 0.1) is 45.6 Å².